The van der Waals surface area contributed by atoms with Crippen LogP contribution in [0.1, 0.15) is 15.9 Å². The average Bonchev–Trinajstić information content (AvgIpc) is 2.80. The topological polar surface area (TPSA) is 44.8 Å². The predicted molar refractivity (Wildman–Crippen MR) is 116 cm³/mol. The number of ketones is 1. The SMILES string of the molecule is COc1ccc(C(=O)c2cc(Oc3ccccc3)cc(Oc3ccccc3)c2)cc1. The van der Waals surface area contributed by atoms with Crippen LogP contribution >= 0.6 is 0 Å². The summed E-state index contributed by atoms with van der Waals surface area (Å²) in [7, 11) is 1.59. The van der Waals surface area contributed by atoms with E-state index in [1.807, 2.05) is 60.7 Å². The molecule has 4 heteroatoms. The summed E-state index contributed by atoms with van der Waals surface area (Å²) in [4.78, 5) is 13.1. The highest BCUT2D eigenvalue weighted by atomic mass is 16.5. The normalized spacial score (nSPS) is 10.3. The van der Waals surface area contributed by atoms with E-state index in [-0.39, 0.29) is 5.78 Å². The molecule has 0 aliphatic carbocycles. The molecule has 0 aliphatic rings. The Morgan fingerprint density at radius 2 is 1.03 bits per heavy atom. The third-order valence-corrected chi connectivity index (χ3v) is 4.45. The minimum atomic E-state index is -0.130. The standard InChI is InChI=1S/C26H20O4/c1-28-21-14-12-19(13-15-21)26(27)20-16-24(29-22-8-4-2-5-9-22)18-25(17-20)30-23-10-6-3-7-11-23/h2-18H,1H3. The van der Waals surface area contributed by atoms with Crippen LogP contribution in [0.15, 0.2) is 103 Å². The molecule has 4 rings (SSSR count). The Morgan fingerprint density at radius 3 is 1.50 bits per heavy atom. The molecule has 0 saturated carbocycles. The number of methoxy groups -OCH3 is 1. The van der Waals surface area contributed by atoms with Gasteiger partial charge < -0.3 is 14.2 Å². The van der Waals surface area contributed by atoms with Crippen molar-refractivity contribution in [3.05, 3.63) is 114 Å². The molecule has 4 nitrogen and oxygen atoms in total. The summed E-state index contributed by atoms with van der Waals surface area (Å²) in [5.41, 5.74) is 1.03. The maximum absolute atomic E-state index is 13.1. The Hall–Kier alpha value is -4.05. The second kappa shape index (κ2) is 8.97. The van der Waals surface area contributed by atoms with E-state index in [9.17, 15) is 4.79 Å². The Balaban J connectivity index is 1.69. The van der Waals surface area contributed by atoms with Crippen LogP contribution in [0, 0.1) is 0 Å². The monoisotopic (exact) mass is 396 g/mol. The van der Waals surface area contributed by atoms with Gasteiger partial charge in [0.2, 0.25) is 0 Å². The minimum absolute atomic E-state index is 0.130. The van der Waals surface area contributed by atoms with E-state index >= 15 is 0 Å². The molecule has 0 saturated heterocycles. The molecule has 0 fully saturated rings. The van der Waals surface area contributed by atoms with E-state index in [1.165, 1.54) is 0 Å². The quantitative estimate of drug-likeness (QED) is 0.334. The second-order valence-electron chi connectivity index (χ2n) is 6.58. The molecule has 0 radical (unpaired) electrons. The van der Waals surface area contributed by atoms with E-state index in [0.717, 1.165) is 0 Å². The van der Waals surface area contributed by atoms with Gasteiger partial charge in [-0.15, -0.1) is 0 Å². The van der Waals surface area contributed by atoms with Crippen molar-refractivity contribution >= 4 is 5.78 Å². The lowest BCUT2D eigenvalue weighted by atomic mass is 10.0. The first-order chi connectivity index (χ1) is 14.7. The lowest BCUT2D eigenvalue weighted by molar-refractivity contribution is 0.103. The van der Waals surface area contributed by atoms with Gasteiger partial charge in [-0.05, 0) is 60.7 Å². The zero-order chi connectivity index (χ0) is 20.8. The van der Waals surface area contributed by atoms with Crippen LogP contribution in [-0.2, 0) is 0 Å². The first-order valence-corrected chi connectivity index (χ1v) is 9.51. The van der Waals surface area contributed by atoms with E-state index < -0.39 is 0 Å². The summed E-state index contributed by atoms with van der Waals surface area (Å²) in [6, 6.07) is 31.0. The van der Waals surface area contributed by atoms with Crippen molar-refractivity contribution in [1.29, 1.82) is 0 Å². The van der Waals surface area contributed by atoms with Crippen molar-refractivity contribution in [2.24, 2.45) is 0 Å². The highest BCUT2D eigenvalue weighted by Crippen LogP contribution is 2.31. The van der Waals surface area contributed by atoms with Crippen LogP contribution in [0.2, 0.25) is 0 Å². The second-order valence-corrected chi connectivity index (χ2v) is 6.58. The Bertz CT molecular complexity index is 1060. The largest absolute Gasteiger partial charge is 0.497 e. The van der Waals surface area contributed by atoms with Crippen LogP contribution in [0.5, 0.6) is 28.7 Å². The molecule has 4 aromatic rings. The molecular weight excluding hydrogens is 376 g/mol. The van der Waals surface area contributed by atoms with Crippen LogP contribution in [-0.4, -0.2) is 12.9 Å². The molecule has 0 aliphatic heterocycles. The van der Waals surface area contributed by atoms with Gasteiger partial charge in [0, 0.05) is 17.2 Å². The van der Waals surface area contributed by atoms with Crippen molar-refractivity contribution < 1.29 is 19.0 Å². The molecule has 0 heterocycles. The van der Waals surface area contributed by atoms with Gasteiger partial charge in [0.15, 0.2) is 5.78 Å². The van der Waals surface area contributed by atoms with Gasteiger partial charge in [-0.3, -0.25) is 4.79 Å². The molecule has 4 aromatic carbocycles. The minimum Gasteiger partial charge on any atom is -0.497 e. The number of hydrogen-bond acceptors (Lipinski definition) is 4. The van der Waals surface area contributed by atoms with Gasteiger partial charge in [0.1, 0.15) is 28.7 Å². The van der Waals surface area contributed by atoms with Gasteiger partial charge >= 0.3 is 0 Å². The third-order valence-electron chi connectivity index (χ3n) is 4.45. The lowest BCUT2D eigenvalue weighted by Gasteiger charge is -2.12. The number of rotatable bonds is 7. The van der Waals surface area contributed by atoms with Crippen LogP contribution in [0.25, 0.3) is 0 Å². The summed E-state index contributed by atoms with van der Waals surface area (Å²) < 4.78 is 17.1. The molecule has 0 N–H and O–H groups in total. The van der Waals surface area contributed by atoms with E-state index in [4.69, 9.17) is 14.2 Å². The zero-order valence-electron chi connectivity index (χ0n) is 16.4. The number of para-hydroxylation sites is 2. The van der Waals surface area contributed by atoms with Gasteiger partial charge in [0.25, 0.3) is 0 Å². The molecule has 0 unspecified atom stereocenters. The summed E-state index contributed by atoms with van der Waals surface area (Å²) in [5, 5.41) is 0. The molecule has 0 spiro atoms. The fraction of sp³-hybridized carbons (Fsp3) is 0.0385. The maximum Gasteiger partial charge on any atom is 0.193 e. The van der Waals surface area contributed by atoms with E-state index in [1.54, 1.807) is 49.6 Å². The first-order valence-electron chi connectivity index (χ1n) is 9.51. The van der Waals surface area contributed by atoms with Gasteiger partial charge in [0.05, 0.1) is 7.11 Å². The molecule has 0 amide bonds. The summed E-state index contributed by atoms with van der Waals surface area (Å²) in [5.74, 6) is 2.96. The van der Waals surface area contributed by atoms with Crippen LogP contribution in [0.4, 0.5) is 0 Å². The summed E-state index contributed by atoms with van der Waals surface area (Å²) >= 11 is 0. The third kappa shape index (κ3) is 4.67. The van der Waals surface area contributed by atoms with Crippen LogP contribution < -0.4 is 14.2 Å². The summed E-state index contributed by atoms with van der Waals surface area (Å²) in [6.45, 7) is 0. The van der Waals surface area contributed by atoms with Crippen molar-refractivity contribution in [2.45, 2.75) is 0 Å². The zero-order valence-corrected chi connectivity index (χ0v) is 16.4. The highest BCUT2D eigenvalue weighted by Gasteiger charge is 2.14. The number of hydrogen-bond donors (Lipinski definition) is 0. The number of ether oxygens (including phenoxy) is 3. The Labute approximate surface area is 175 Å². The van der Waals surface area contributed by atoms with Gasteiger partial charge in [-0.25, -0.2) is 0 Å². The molecule has 148 valence electrons. The Kier molecular flexibility index (Phi) is 5.76. The maximum atomic E-state index is 13.1. The van der Waals surface area contributed by atoms with Crippen molar-refractivity contribution in [2.75, 3.05) is 7.11 Å². The van der Waals surface area contributed by atoms with Crippen molar-refractivity contribution in [1.82, 2.24) is 0 Å². The first kappa shape index (κ1) is 19.3. The van der Waals surface area contributed by atoms with Gasteiger partial charge in [-0.1, -0.05) is 36.4 Å². The van der Waals surface area contributed by atoms with E-state index in [0.29, 0.717) is 39.9 Å². The molecular formula is C26H20O4. The fourth-order valence-electron chi connectivity index (χ4n) is 2.98. The van der Waals surface area contributed by atoms with E-state index in [2.05, 4.69) is 0 Å². The average molecular weight is 396 g/mol. The molecule has 0 aromatic heterocycles. The van der Waals surface area contributed by atoms with Crippen molar-refractivity contribution in [3.8, 4) is 28.7 Å². The van der Waals surface area contributed by atoms with Crippen LogP contribution in [0.3, 0.4) is 0 Å². The Morgan fingerprint density at radius 1 is 0.533 bits per heavy atom. The predicted octanol–water partition coefficient (Wildman–Crippen LogP) is 6.51. The molecule has 30 heavy (non-hydrogen) atoms. The smallest absolute Gasteiger partial charge is 0.193 e. The van der Waals surface area contributed by atoms with Crippen molar-refractivity contribution in [3.63, 3.8) is 0 Å². The molecule has 0 atom stereocenters. The van der Waals surface area contributed by atoms with Gasteiger partial charge in [-0.2, -0.15) is 0 Å². The number of carbonyl (C=O) groups is 1. The number of benzene rings is 4. The lowest BCUT2D eigenvalue weighted by Crippen LogP contribution is -2.02. The molecule has 0 bridgehead atoms. The number of carbonyl (C=O) groups excluding carboxylic acids is 1. The fourth-order valence-corrected chi connectivity index (χ4v) is 2.98. The highest BCUT2D eigenvalue weighted by molar-refractivity contribution is 6.09. The summed E-state index contributed by atoms with van der Waals surface area (Å²) in [6.07, 6.45) is 0.